The lowest BCUT2D eigenvalue weighted by Gasteiger charge is -2.26. The predicted molar refractivity (Wildman–Crippen MR) is 86.0 cm³/mol. The molecular formula is C14H17N3S2. The largest absolute Gasteiger partial charge is 0.388 e. The molecule has 2 aromatic rings. The second kappa shape index (κ2) is 6.12. The maximum Gasteiger partial charge on any atom is 0.122 e. The van der Waals surface area contributed by atoms with Crippen molar-refractivity contribution < 1.29 is 0 Å². The van der Waals surface area contributed by atoms with Gasteiger partial charge in [-0.3, -0.25) is 4.98 Å². The van der Waals surface area contributed by atoms with Gasteiger partial charge in [0.25, 0.3) is 0 Å². The molecule has 2 heterocycles. The molecule has 19 heavy (non-hydrogen) atoms. The fourth-order valence-corrected chi connectivity index (χ4v) is 2.80. The molecule has 100 valence electrons. The molecule has 2 rings (SSSR count). The first-order valence-corrected chi connectivity index (χ1v) is 7.38. The molecule has 2 N–H and O–H groups in total. The van der Waals surface area contributed by atoms with Crippen molar-refractivity contribution in [3.63, 3.8) is 0 Å². The Hall–Kier alpha value is -1.46. The summed E-state index contributed by atoms with van der Waals surface area (Å²) in [5.74, 6) is 0. The summed E-state index contributed by atoms with van der Waals surface area (Å²) in [6.07, 6.45) is 2.85. The third-order valence-electron chi connectivity index (χ3n) is 3.15. The Bertz CT molecular complexity index is 534. The molecule has 0 bridgehead atoms. The minimum absolute atomic E-state index is 0.334. The lowest BCUT2D eigenvalue weighted by molar-refractivity contribution is 0.687. The number of pyridine rings is 1. The number of anilines is 1. The van der Waals surface area contributed by atoms with Gasteiger partial charge in [0, 0.05) is 24.4 Å². The van der Waals surface area contributed by atoms with Crippen LogP contribution in [0, 0.1) is 0 Å². The van der Waals surface area contributed by atoms with E-state index in [9.17, 15) is 0 Å². The first kappa shape index (κ1) is 14.0. The fourth-order valence-electron chi connectivity index (χ4n) is 1.85. The zero-order chi connectivity index (χ0) is 13.8. The Kier molecular flexibility index (Phi) is 4.50. The molecule has 2 aromatic heterocycles. The van der Waals surface area contributed by atoms with Crippen LogP contribution in [0.2, 0.25) is 0 Å². The smallest absolute Gasteiger partial charge is 0.122 e. The number of rotatable bonds is 5. The Balaban J connectivity index is 2.06. The molecule has 0 amide bonds. The summed E-state index contributed by atoms with van der Waals surface area (Å²) in [5, 5.41) is 2.11. The third kappa shape index (κ3) is 3.52. The second-order valence-electron chi connectivity index (χ2n) is 4.51. The van der Waals surface area contributed by atoms with Crippen LogP contribution in [0.1, 0.15) is 17.5 Å². The van der Waals surface area contributed by atoms with Crippen LogP contribution in [0.25, 0.3) is 0 Å². The van der Waals surface area contributed by atoms with Crippen LogP contribution in [0.4, 0.5) is 5.69 Å². The Morgan fingerprint density at radius 2 is 2.26 bits per heavy atom. The van der Waals surface area contributed by atoms with E-state index in [1.165, 1.54) is 4.88 Å². The number of hydrogen-bond acceptors (Lipinski definition) is 4. The van der Waals surface area contributed by atoms with Gasteiger partial charge < -0.3 is 10.6 Å². The summed E-state index contributed by atoms with van der Waals surface area (Å²) in [5.41, 5.74) is 7.28. The molecule has 0 spiro atoms. The average molecular weight is 291 g/mol. The zero-order valence-corrected chi connectivity index (χ0v) is 12.7. The Labute approximate surface area is 123 Å². The van der Waals surface area contributed by atoms with Crippen molar-refractivity contribution in [2.24, 2.45) is 5.73 Å². The van der Waals surface area contributed by atoms with Gasteiger partial charge in [-0.2, -0.15) is 0 Å². The van der Waals surface area contributed by atoms with E-state index in [0.717, 1.165) is 12.1 Å². The molecule has 1 unspecified atom stereocenters. The van der Waals surface area contributed by atoms with Gasteiger partial charge in [0.2, 0.25) is 0 Å². The number of aromatic nitrogens is 1. The predicted octanol–water partition coefficient (Wildman–Crippen LogP) is 2.84. The average Bonchev–Trinajstić information content (AvgIpc) is 2.90. The molecule has 5 heteroatoms. The van der Waals surface area contributed by atoms with Crippen molar-refractivity contribution in [2.75, 3.05) is 11.9 Å². The number of nitrogens with two attached hydrogens (primary N) is 1. The van der Waals surface area contributed by atoms with E-state index in [0.29, 0.717) is 16.7 Å². The number of thiophene rings is 1. The maximum atomic E-state index is 5.55. The quantitative estimate of drug-likeness (QED) is 0.860. The van der Waals surface area contributed by atoms with Crippen LogP contribution in [0.15, 0.2) is 35.8 Å². The molecule has 0 aliphatic rings. The van der Waals surface area contributed by atoms with Gasteiger partial charge in [0.1, 0.15) is 4.99 Å². The molecule has 1 atom stereocenters. The van der Waals surface area contributed by atoms with Crippen LogP contribution in [-0.4, -0.2) is 23.1 Å². The first-order valence-electron chi connectivity index (χ1n) is 6.09. The van der Waals surface area contributed by atoms with E-state index in [2.05, 4.69) is 41.4 Å². The highest BCUT2D eigenvalue weighted by molar-refractivity contribution is 7.80. The number of thiocarbonyl (C=S) groups is 1. The Morgan fingerprint density at radius 1 is 1.47 bits per heavy atom. The van der Waals surface area contributed by atoms with Gasteiger partial charge in [0.15, 0.2) is 0 Å². The third-order valence-corrected chi connectivity index (χ3v) is 4.25. The van der Waals surface area contributed by atoms with Crippen LogP contribution in [0.3, 0.4) is 0 Å². The van der Waals surface area contributed by atoms with E-state index in [-0.39, 0.29) is 0 Å². The highest BCUT2D eigenvalue weighted by atomic mass is 32.1. The van der Waals surface area contributed by atoms with Gasteiger partial charge in [0.05, 0.1) is 17.6 Å². The van der Waals surface area contributed by atoms with Crippen molar-refractivity contribution in [1.29, 1.82) is 0 Å². The molecule has 0 radical (unpaired) electrons. The van der Waals surface area contributed by atoms with Crippen LogP contribution >= 0.6 is 23.6 Å². The van der Waals surface area contributed by atoms with Crippen molar-refractivity contribution in [2.45, 2.75) is 19.4 Å². The van der Waals surface area contributed by atoms with Crippen molar-refractivity contribution >= 4 is 34.2 Å². The summed E-state index contributed by atoms with van der Waals surface area (Å²) < 4.78 is 0. The monoisotopic (exact) mass is 291 g/mol. The van der Waals surface area contributed by atoms with Gasteiger partial charge in [-0.1, -0.05) is 18.3 Å². The minimum atomic E-state index is 0.334. The lowest BCUT2D eigenvalue weighted by Crippen LogP contribution is -2.30. The van der Waals surface area contributed by atoms with Crippen LogP contribution in [-0.2, 0) is 6.42 Å². The van der Waals surface area contributed by atoms with Crippen LogP contribution < -0.4 is 10.6 Å². The summed E-state index contributed by atoms with van der Waals surface area (Å²) in [6, 6.07) is 8.54. The SMILES string of the molecule is CC(Cc1cccs1)N(C)c1ccc(C(N)=S)nc1. The Morgan fingerprint density at radius 3 is 2.79 bits per heavy atom. The summed E-state index contributed by atoms with van der Waals surface area (Å²) in [4.78, 5) is 8.22. The van der Waals surface area contributed by atoms with Crippen molar-refractivity contribution in [3.8, 4) is 0 Å². The summed E-state index contributed by atoms with van der Waals surface area (Å²) in [6.45, 7) is 2.21. The van der Waals surface area contributed by atoms with E-state index in [4.69, 9.17) is 18.0 Å². The maximum absolute atomic E-state index is 5.55. The normalized spacial score (nSPS) is 12.1. The summed E-state index contributed by atoms with van der Waals surface area (Å²) >= 11 is 6.70. The number of hydrogen-bond donors (Lipinski definition) is 1. The molecular weight excluding hydrogens is 274 g/mol. The first-order chi connectivity index (χ1) is 9.08. The highest BCUT2D eigenvalue weighted by Gasteiger charge is 2.12. The second-order valence-corrected chi connectivity index (χ2v) is 5.98. The topological polar surface area (TPSA) is 42.1 Å². The highest BCUT2D eigenvalue weighted by Crippen LogP contribution is 2.19. The fraction of sp³-hybridized carbons (Fsp3) is 0.286. The van der Waals surface area contributed by atoms with Crippen molar-refractivity contribution in [1.82, 2.24) is 4.98 Å². The van der Waals surface area contributed by atoms with Gasteiger partial charge in [-0.15, -0.1) is 11.3 Å². The van der Waals surface area contributed by atoms with E-state index in [1.807, 2.05) is 18.3 Å². The number of nitrogens with zero attached hydrogens (tertiary/aromatic N) is 2. The molecule has 0 saturated carbocycles. The molecule has 0 aliphatic heterocycles. The molecule has 3 nitrogen and oxygen atoms in total. The molecule has 0 saturated heterocycles. The zero-order valence-electron chi connectivity index (χ0n) is 11.0. The molecule has 0 aromatic carbocycles. The summed E-state index contributed by atoms with van der Waals surface area (Å²) in [7, 11) is 2.08. The molecule has 0 aliphatic carbocycles. The van der Waals surface area contributed by atoms with Crippen molar-refractivity contribution in [3.05, 3.63) is 46.4 Å². The van der Waals surface area contributed by atoms with Gasteiger partial charge >= 0.3 is 0 Å². The standard InChI is InChI=1S/C14H17N3S2/c1-10(8-12-4-3-7-19-12)17(2)11-5-6-13(14(15)18)16-9-11/h3-7,9-10H,8H2,1-2H3,(H2,15,18). The van der Waals surface area contributed by atoms with E-state index < -0.39 is 0 Å². The number of likely N-dealkylation sites (N-methyl/N-ethyl adjacent to an activating group) is 1. The van der Waals surface area contributed by atoms with Gasteiger partial charge in [-0.25, -0.2) is 0 Å². The van der Waals surface area contributed by atoms with Gasteiger partial charge in [-0.05, 0) is 30.5 Å². The lowest BCUT2D eigenvalue weighted by atomic mass is 10.1. The molecule has 0 fully saturated rings. The van der Waals surface area contributed by atoms with Crippen LogP contribution in [0.5, 0.6) is 0 Å². The minimum Gasteiger partial charge on any atom is -0.388 e. The van der Waals surface area contributed by atoms with E-state index >= 15 is 0 Å². The van der Waals surface area contributed by atoms with E-state index in [1.54, 1.807) is 11.3 Å².